The molecule has 1 atom stereocenters. The van der Waals surface area contributed by atoms with Crippen molar-refractivity contribution >= 4 is 50.3 Å². The number of carboxylic acid groups (broad SMARTS) is 1. The zero-order valence-electron chi connectivity index (χ0n) is 19.2. The monoisotopic (exact) mass is 536 g/mol. The Labute approximate surface area is 209 Å². The number of likely N-dealkylation sites (N-methyl/N-ethyl adjacent to an activating group) is 1. The standard InChI is InChI=1S/C22H33ClN2O5S3/c1-22(2,10-5-6-16-9-11-31-15-16)24-13-18(26)14-25(3)33(29,30)20-12-17(21(23)32-20)7-4-8-19(27)28/h9,11-12,15,18,24,26H,4-8,10,13-14H2,1-3H3,(H,27,28)/t18-/m1/s1. The molecule has 33 heavy (non-hydrogen) atoms. The summed E-state index contributed by atoms with van der Waals surface area (Å²) in [6.45, 7) is 4.38. The third-order valence-electron chi connectivity index (χ3n) is 5.37. The minimum Gasteiger partial charge on any atom is -0.481 e. The predicted molar refractivity (Wildman–Crippen MR) is 135 cm³/mol. The minimum atomic E-state index is -3.81. The molecule has 0 aliphatic rings. The second-order valence-corrected chi connectivity index (χ2v) is 13.5. The molecule has 3 N–H and O–H groups in total. The smallest absolute Gasteiger partial charge is 0.303 e. The summed E-state index contributed by atoms with van der Waals surface area (Å²) in [5.41, 5.74) is 1.78. The van der Waals surface area contributed by atoms with Gasteiger partial charge in [0.25, 0.3) is 10.0 Å². The van der Waals surface area contributed by atoms with Gasteiger partial charge in [-0.3, -0.25) is 4.79 Å². The van der Waals surface area contributed by atoms with Gasteiger partial charge in [0.2, 0.25) is 0 Å². The van der Waals surface area contributed by atoms with Crippen molar-refractivity contribution in [2.45, 2.75) is 68.2 Å². The van der Waals surface area contributed by atoms with Crippen LogP contribution in [-0.4, -0.2) is 60.7 Å². The van der Waals surface area contributed by atoms with Gasteiger partial charge in [-0.25, -0.2) is 8.42 Å². The quantitative estimate of drug-likeness (QED) is 0.314. The molecule has 0 fully saturated rings. The molecular weight excluding hydrogens is 504 g/mol. The molecule has 0 aliphatic carbocycles. The van der Waals surface area contributed by atoms with Crippen molar-refractivity contribution in [2.24, 2.45) is 0 Å². The number of β-amino-alcohol motifs (C(OH)–C–C–N with tert-alkyl or cyclic N) is 1. The van der Waals surface area contributed by atoms with Gasteiger partial charge in [0.15, 0.2) is 0 Å². The highest BCUT2D eigenvalue weighted by Crippen LogP contribution is 2.33. The normalized spacial score (nSPS) is 13.5. The SMILES string of the molecule is CN(C[C@H](O)CNC(C)(C)CCCc1ccsc1)S(=O)(=O)c1cc(CCCC(=O)O)c(Cl)s1. The Morgan fingerprint density at radius 2 is 2.03 bits per heavy atom. The van der Waals surface area contributed by atoms with Crippen LogP contribution in [0.3, 0.4) is 0 Å². The number of nitrogens with zero attached hydrogens (tertiary/aromatic N) is 1. The number of halogens is 1. The highest BCUT2D eigenvalue weighted by Gasteiger charge is 2.27. The number of aliphatic hydroxyl groups excluding tert-OH is 1. The molecule has 0 aliphatic heterocycles. The van der Waals surface area contributed by atoms with Gasteiger partial charge < -0.3 is 15.5 Å². The lowest BCUT2D eigenvalue weighted by Gasteiger charge is -2.29. The molecule has 0 unspecified atom stereocenters. The molecule has 0 aromatic carbocycles. The van der Waals surface area contributed by atoms with Crippen LogP contribution in [0.4, 0.5) is 0 Å². The second-order valence-electron chi connectivity index (χ2n) is 8.80. The Kier molecular flexibility index (Phi) is 10.8. The van der Waals surface area contributed by atoms with Crippen molar-refractivity contribution in [1.29, 1.82) is 0 Å². The van der Waals surface area contributed by atoms with E-state index in [9.17, 15) is 18.3 Å². The summed E-state index contributed by atoms with van der Waals surface area (Å²) in [6, 6.07) is 3.63. The van der Waals surface area contributed by atoms with Crippen molar-refractivity contribution in [3.63, 3.8) is 0 Å². The largest absolute Gasteiger partial charge is 0.481 e. The maximum Gasteiger partial charge on any atom is 0.303 e. The molecule has 2 aromatic heterocycles. The van der Waals surface area contributed by atoms with E-state index < -0.39 is 22.1 Å². The fourth-order valence-electron chi connectivity index (χ4n) is 3.37. The van der Waals surface area contributed by atoms with Crippen LogP contribution >= 0.6 is 34.3 Å². The Balaban J connectivity index is 1.84. The van der Waals surface area contributed by atoms with E-state index in [1.807, 2.05) is 0 Å². The number of nitrogens with one attached hydrogen (secondary N) is 1. The highest BCUT2D eigenvalue weighted by atomic mass is 35.5. The van der Waals surface area contributed by atoms with Gasteiger partial charge in [-0.2, -0.15) is 15.6 Å². The number of aryl methyl sites for hydroxylation is 2. The number of carboxylic acids is 1. The van der Waals surface area contributed by atoms with Gasteiger partial charge >= 0.3 is 5.97 Å². The summed E-state index contributed by atoms with van der Waals surface area (Å²) in [5.74, 6) is -0.901. The maximum atomic E-state index is 12.9. The number of thiophene rings is 2. The third-order valence-corrected chi connectivity index (χ3v) is 9.81. The van der Waals surface area contributed by atoms with Crippen LogP contribution in [0.1, 0.15) is 50.7 Å². The van der Waals surface area contributed by atoms with Gasteiger partial charge in [0.05, 0.1) is 10.4 Å². The molecule has 0 radical (unpaired) electrons. The average molecular weight is 537 g/mol. The lowest BCUT2D eigenvalue weighted by molar-refractivity contribution is -0.137. The number of aliphatic hydroxyl groups is 1. The highest BCUT2D eigenvalue weighted by molar-refractivity contribution is 7.91. The van der Waals surface area contributed by atoms with Crippen molar-refractivity contribution in [3.05, 3.63) is 38.4 Å². The van der Waals surface area contributed by atoms with Gasteiger partial charge in [0, 0.05) is 32.1 Å². The molecular formula is C22H33ClN2O5S3. The van der Waals surface area contributed by atoms with E-state index in [1.165, 1.54) is 18.7 Å². The Morgan fingerprint density at radius 1 is 1.30 bits per heavy atom. The Bertz CT molecular complexity index is 990. The fraction of sp³-hybridized carbons (Fsp3) is 0.591. The van der Waals surface area contributed by atoms with Crippen LogP contribution in [0.15, 0.2) is 27.1 Å². The Morgan fingerprint density at radius 3 is 2.67 bits per heavy atom. The van der Waals surface area contributed by atoms with Crippen LogP contribution in [0.2, 0.25) is 4.34 Å². The summed E-state index contributed by atoms with van der Waals surface area (Å²) in [4.78, 5) is 10.7. The second kappa shape index (κ2) is 12.6. The predicted octanol–water partition coefficient (Wildman–Crippen LogP) is 4.24. The lowest BCUT2D eigenvalue weighted by Crippen LogP contribution is -2.46. The first kappa shape index (κ1) is 28.2. The summed E-state index contributed by atoms with van der Waals surface area (Å²) in [5, 5.41) is 26.8. The van der Waals surface area contributed by atoms with E-state index >= 15 is 0 Å². The number of aliphatic carboxylic acids is 1. The minimum absolute atomic E-state index is 0.00230. The van der Waals surface area contributed by atoms with Crippen LogP contribution in [-0.2, 0) is 27.7 Å². The van der Waals surface area contributed by atoms with Gasteiger partial charge in [-0.05, 0) is 80.0 Å². The lowest BCUT2D eigenvalue weighted by atomic mass is 9.96. The molecule has 0 saturated carbocycles. The van der Waals surface area contributed by atoms with E-state index in [2.05, 4.69) is 36.0 Å². The maximum absolute atomic E-state index is 12.9. The number of sulfonamides is 1. The molecule has 0 saturated heterocycles. The van der Waals surface area contributed by atoms with Gasteiger partial charge in [0.1, 0.15) is 4.21 Å². The van der Waals surface area contributed by atoms with E-state index in [4.69, 9.17) is 16.7 Å². The number of carbonyl (C=O) groups is 1. The van der Waals surface area contributed by atoms with E-state index in [1.54, 1.807) is 11.3 Å². The zero-order chi connectivity index (χ0) is 24.6. The number of hydrogen-bond acceptors (Lipinski definition) is 7. The van der Waals surface area contributed by atoms with Crippen molar-refractivity contribution in [1.82, 2.24) is 9.62 Å². The molecule has 11 heteroatoms. The molecule has 0 bridgehead atoms. The van der Waals surface area contributed by atoms with E-state index in [0.717, 1.165) is 34.9 Å². The van der Waals surface area contributed by atoms with Crippen molar-refractivity contribution in [2.75, 3.05) is 20.1 Å². The summed E-state index contributed by atoms with van der Waals surface area (Å²) in [6.07, 6.45) is 2.88. The molecule has 186 valence electrons. The van der Waals surface area contributed by atoms with Crippen LogP contribution in [0.5, 0.6) is 0 Å². The van der Waals surface area contributed by atoms with Crippen LogP contribution in [0.25, 0.3) is 0 Å². The Hall–Kier alpha value is -1.01. The zero-order valence-corrected chi connectivity index (χ0v) is 22.4. The summed E-state index contributed by atoms with van der Waals surface area (Å²) in [7, 11) is -2.37. The third kappa shape index (κ3) is 9.28. The number of rotatable bonds is 15. The number of hydrogen-bond donors (Lipinski definition) is 3. The topological polar surface area (TPSA) is 107 Å². The van der Waals surface area contributed by atoms with Crippen molar-refractivity contribution in [3.8, 4) is 0 Å². The van der Waals surface area contributed by atoms with Crippen LogP contribution in [0, 0.1) is 0 Å². The molecule has 0 spiro atoms. The van der Waals surface area contributed by atoms with Gasteiger partial charge in [-0.1, -0.05) is 11.6 Å². The first-order valence-corrected chi connectivity index (χ1v) is 14.4. The van der Waals surface area contributed by atoms with E-state index in [0.29, 0.717) is 22.7 Å². The molecule has 2 rings (SSSR count). The van der Waals surface area contributed by atoms with Crippen molar-refractivity contribution < 1.29 is 23.4 Å². The van der Waals surface area contributed by atoms with Crippen LogP contribution < -0.4 is 5.32 Å². The fourth-order valence-corrected chi connectivity index (χ4v) is 7.30. The first-order valence-electron chi connectivity index (χ1n) is 10.8. The molecule has 7 nitrogen and oxygen atoms in total. The molecule has 2 aromatic rings. The van der Waals surface area contributed by atoms with Gasteiger partial charge in [-0.15, -0.1) is 11.3 Å². The van der Waals surface area contributed by atoms with E-state index in [-0.39, 0.29) is 29.3 Å². The summed E-state index contributed by atoms with van der Waals surface area (Å²) >= 11 is 8.83. The first-order chi connectivity index (χ1) is 15.4. The molecule has 0 amide bonds. The summed E-state index contributed by atoms with van der Waals surface area (Å²) < 4.78 is 27.4. The average Bonchev–Trinajstić information content (AvgIpc) is 3.36. The molecule has 2 heterocycles.